The molecule has 1 unspecified atom stereocenters. The lowest BCUT2D eigenvalue weighted by Gasteiger charge is -2.19. The largest absolute Gasteiger partial charge is 0.493 e. The lowest BCUT2D eigenvalue weighted by Crippen LogP contribution is -2.42. The molecule has 0 saturated heterocycles. The Morgan fingerprint density at radius 3 is 2.12 bits per heavy atom. The van der Waals surface area contributed by atoms with Crippen LogP contribution in [0.2, 0.25) is 0 Å². The van der Waals surface area contributed by atoms with Crippen molar-refractivity contribution in [2.24, 2.45) is 0 Å². The molecule has 1 atom stereocenters. The molecule has 2 N–H and O–H groups in total. The van der Waals surface area contributed by atoms with Gasteiger partial charge in [0.15, 0.2) is 23.2 Å². The molecule has 10 heteroatoms. The van der Waals surface area contributed by atoms with E-state index in [2.05, 4.69) is 5.32 Å². The molecule has 4 aromatic carbocycles. The standard InChI is InChI=1S/C30H23F4NO5/c1-39-28-24(20-9-5-6-10-22(20)31)27(34)25(32)21(26(28)33)15-23(30(37)38)35-29(36)18-11-13-19(14-12-18)40-16-17-7-3-2-4-8-17/h2-14,23H,15-16H2,1H3,(H,35,36)(H,37,38). The van der Waals surface area contributed by atoms with Gasteiger partial charge in [-0.2, -0.15) is 0 Å². The van der Waals surface area contributed by atoms with E-state index in [0.717, 1.165) is 24.8 Å². The molecule has 0 radical (unpaired) electrons. The van der Waals surface area contributed by atoms with Gasteiger partial charge < -0.3 is 19.9 Å². The molecule has 0 aliphatic heterocycles. The number of carbonyl (C=O) groups excluding carboxylic acids is 1. The second-order valence-corrected chi connectivity index (χ2v) is 8.68. The smallest absolute Gasteiger partial charge is 0.326 e. The number of methoxy groups -OCH3 is 1. The molecule has 0 fully saturated rings. The van der Waals surface area contributed by atoms with Gasteiger partial charge in [-0.15, -0.1) is 0 Å². The van der Waals surface area contributed by atoms with E-state index in [4.69, 9.17) is 9.47 Å². The average Bonchev–Trinajstić information content (AvgIpc) is 2.96. The van der Waals surface area contributed by atoms with Crippen molar-refractivity contribution < 1.29 is 41.7 Å². The number of ether oxygens (including phenoxy) is 2. The van der Waals surface area contributed by atoms with Gasteiger partial charge in [-0.05, 0) is 35.9 Å². The fraction of sp³-hybridized carbons (Fsp3) is 0.133. The highest BCUT2D eigenvalue weighted by atomic mass is 19.2. The van der Waals surface area contributed by atoms with Crippen LogP contribution < -0.4 is 14.8 Å². The molecule has 0 saturated carbocycles. The molecular weight excluding hydrogens is 530 g/mol. The number of benzene rings is 4. The van der Waals surface area contributed by atoms with Crippen molar-refractivity contribution in [2.45, 2.75) is 19.1 Å². The first-order valence-corrected chi connectivity index (χ1v) is 12.0. The zero-order chi connectivity index (χ0) is 28.8. The van der Waals surface area contributed by atoms with Crippen molar-refractivity contribution in [2.75, 3.05) is 7.11 Å². The number of carboxylic acids is 1. The molecule has 4 rings (SSSR count). The number of carbonyl (C=O) groups is 2. The summed E-state index contributed by atoms with van der Waals surface area (Å²) in [6.45, 7) is 0.292. The minimum Gasteiger partial charge on any atom is -0.493 e. The monoisotopic (exact) mass is 553 g/mol. The first-order valence-electron chi connectivity index (χ1n) is 12.0. The Hall–Kier alpha value is -4.86. The lowest BCUT2D eigenvalue weighted by molar-refractivity contribution is -0.139. The second kappa shape index (κ2) is 12.3. The van der Waals surface area contributed by atoms with Crippen LogP contribution in [0.25, 0.3) is 11.1 Å². The predicted octanol–water partition coefficient (Wildman–Crippen LogP) is 5.92. The molecule has 4 aromatic rings. The highest BCUT2D eigenvalue weighted by Crippen LogP contribution is 2.40. The van der Waals surface area contributed by atoms with Crippen LogP contribution in [0.1, 0.15) is 21.5 Å². The van der Waals surface area contributed by atoms with E-state index in [9.17, 15) is 19.1 Å². The molecule has 1 amide bonds. The van der Waals surface area contributed by atoms with E-state index in [0.29, 0.717) is 12.4 Å². The molecule has 0 aliphatic carbocycles. The van der Waals surface area contributed by atoms with Crippen molar-refractivity contribution in [1.29, 1.82) is 0 Å². The summed E-state index contributed by atoms with van der Waals surface area (Å²) in [6, 6.07) is 18.1. The van der Waals surface area contributed by atoms with Crippen LogP contribution in [-0.2, 0) is 17.8 Å². The first-order chi connectivity index (χ1) is 19.2. The van der Waals surface area contributed by atoms with E-state index in [1.54, 1.807) is 0 Å². The third-order valence-electron chi connectivity index (χ3n) is 6.09. The van der Waals surface area contributed by atoms with Gasteiger partial charge >= 0.3 is 5.97 Å². The van der Waals surface area contributed by atoms with Gasteiger partial charge in [-0.1, -0.05) is 48.5 Å². The molecule has 0 aliphatic rings. The van der Waals surface area contributed by atoms with Gasteiger partial charge in [0.2, 0.25) is 0 Å². The minimum absolute atomic E-state index is 0.0536. The first kappa shape index (κ1) is 28.2. The van der Waals surface area contributed by atoms with Gasteiger partial charge in [0.05, 0.1) is 12.7 Å². The van der Waals surface area contributed by atoms with E-state index in [1.165, 1.54) is 36.4 Å². The number of halogens is 4. The third-order valence-corrected chi connectivity index (χ3v) is 6.09. The highest BCUT2D eigenvalue weighted by molar-refractivity contribution is 5.96. The number of hydrogen-bond donors (Lipinski definition) is 2. The van der Waals surface area contributed by atoms with Crippen LogP contribution in [0.5, 0.6) is 11.5 Å². The lowest BCUT2D eigenvalue weighted by atomic mass is 9.96. The summed E-state index contributed by atoms with van der Waals surface area (Å²) in [5.41, 5.74) is -1.22. The third kappa shape index (κ3) is 6.06. The maximum Gasteiger partial charge on any atom is 0.326 e. The number of amides is 1. The molecular formula is C30H23F4NO5. The topological polar surface area (TPSA) is 84.9 Å². The predicted molar refractivity (Wildman–Crippen MR) is 138 cm³/mol. The van der Waals surface area contributed by atoms with E-state index < -0.39 is 70.0 Å². The summed E-state index contributed by atoms with van der Waals surface area (Å²) in [4.78, 5) is 24.6. The summed E-state index contributed by atoms with van der Waals surface area (Å²) in [5.74, 6) is -8.53. The fourth-order valence-corrected chi connectivity index (χ4v) is 4.05. The van der Waals surface area contributed by atoms with E-state index >= 15 is 13.2 Å². The van der Waals surface area contributed by atoms with Gasteiger partial charge in [-0.3, -0.25) is 4.79 Å². The minimum atomic E-state index is -1.84. The zero-order valence-corrected chi connectivity index (χ0v) is 21.1. The molecule has 206 valence electrons. The van der Waals surface area contributed by atoms with Gasteiger partial charge in [-0.25, -0.2) is 22.4 Å². The van der Waals surface area contributed by atoms with Gasteiger partial charge in [0.25, 0.3) is 5.91 Å². The Morgan fingerprint density at radius 2 is 1.50 bits per heavy atom. The van der Waals surface area contributed by atoms with Crippen LogP contribution in [0.3, 0.4) is 0 Å². The van der Waals surface area contributed by atoms with Gasteiger partial charge in [0.1, 0.15) is 24.2 Å². The van der Waals surface area contributed by atoms with Crippen LogP contribution >= 0.6 is 0 Å². The normalized spacial score (nSPS) is 11.5. The van der Waals surface area contributed by atoms with E-state index in [1.807, 2.05) is 30.3 Å². The molecule has 0 aromatic heterocycles. The summed E-state index contributed by atoms with van der Waals surface area (Å²) in [6.07, 6.45) is -0.957. The average molecular weight is 554 g/mol. The second-order valence-electron chi connectivity index (χ2n) is 8.68. The highest BCUT2D eigenvalue weighted by Gasteiger charge is 2.31. The summed E-state index contributed by atoms with van der Waals surface area (Å²) >= 11 is 0. The summed E-state index contributed by atoms with van der Waals surface area (Å²) in [5, 5.41) is 11.8. The van der Waals surface area contributed by atoms with E-state index in [-0.39, 0.29) is 5.56 Å². The van der Waals surface area contributed by atoms with Crippen LogP contribution in [-0.4, -0.2) is 30.1 Å². The Morgan fingerprint density at radius 1 is 0.850 bits per heavy atom. The number of nitrogens with one attached hydrogen (secondary N) is 1. The van der Waals surface area contributed by atoms with Crippen molar-refractivity contribution in [3.05, 3.63) is 119 Å². The Labute approximate surface area is 226 Å². The summed E-state index contributed by atoms with van der Waals surface area (Å²) < 4.78 is 70.4. The van der Waals surface area contributed by atoms with Crippen LogP contribution in [0.4, 0.5) is 17.6 Å². The SMILES string of the molecule is COc1c(F)c(CC(NC(=O)c2ccc(OCc3ccccc3)cc2)C(=O)O)c(F)c(F)c1-c1ccccc1F. The quantitative estimate of drug-likeness (QED) is 0.188. The van der Waals surface area contributed by atoms with Crippen molar-refractivity contribution in [3.63, 3.8) is 0 Å². The van der Waals surface area contributed by atoms with Crippen molar-refractivity contribution in [1.82, 2.24) is 5.32 Å². The maximum absolute atomic E-state index is 15.3. The van der Waals surface area contributed by atoms with Crippen molar-refractivity contribution >= 4 is 11.9 Å². The zero-order valence-electron chi connectivity index (χ0n) is 21.1. The molecule has 6 nitrogen and oxygen atoms in total. The maximum atomic E-state index is 15.3. The number of aliphatic carboxylic acids is 1. The molecule has 0 heterocycles. The number of carboxylic acid groups (broad SMARTS) is 1. The molecule has 0 spiro atoms. The Bertz CT molecular complexity index is 1530. The van der Waals surface area contributed by atoms with Gasteiger partial charge in [0, 0.05) is 23.1 Å². The van der Waals surface area contributed by atoms with Crippen LogP contribution in [0.15, 0.2) is 78.9 Å². The molecule has 40 heavy (non-hydrogen) atoms. The van der Waals surface area contributed by atoms with Crippen molar-refractivity contribution in [3.8, 4) is 22.6 Å². The number of rotatable bonds is 10. The molecule has 0 bridgehead atoms. The fourth-order valence-electron chi connectivity index (χ4n) is 4.05. The Balaban J connectivity index is 1.54. The summed E-state index contributed by atoms with van der Waals surface area (Å²) in [7, 11) is 0.980. The van der Waals surface area contributed by atoms with Crippen LogP contribution in [0, 0.1) is 23.3 Å². The number of hydrogen-bond acceptors (Lipinski definition) is 4. The Kier molecular flexibility index (Phi) is 8.68.